The number of rotatable bonds is 7. The summed E-state index contributed by atoms with van der Waals surface area (Å²) in [6.45, 7) is 0.353. The number of ether oxygens (including phenoxy) is 1. The van der Waals surface area contributed by atoms with E-state index in [1.165, 1.54) is 52.9 Å². The van der Waals surface area contributed by atoms with Gasteiger partial charge in [-0.2, -0.15) is 0 Å². The molecule has 7 nitrogen and oxygen atoms in total. The number of nitrogens with zero attached hydrogens (tertiary/aromatic N) is 4. The number of benzene rings is 1. The van der Waals surface area contributed by atoms with Crippen LogP contribution < -0.4 is 5.32 Å². The molecule has 148 valence electrons. The third kappa shape index (κ3) is 4.58. The Morgan fingerprint density at radius 1 is 1.24 bits per heavy atom. The number of hydrogen-bond donors (Lipinski definition) is 1. The highest BCUT2D eigenvalue weighted by Crippen LogP contribution is 2.37. The van der Waals surface area contributed by atoms with Gasteiger partial charge in [0.25, 0.3) is 0 Å². The molecule has 0 bridgehead atoms. The topological polar surface area (TPSA) is 89.9 Å². The zero-order valence-electron chi connectivity index (χ0n) is 15.1. The Kier molecular flexibility index (Phi) is 6.09. The van der Waals surface area contributed by atoms with Gasteiger partial charge in [0.05, 0.1) is 11.1 Å². The number of fused-ring (bicyclic) bond motifs is 1. The maximum atomic E-state index is 13.3. The predicted molar refractivity (Wildman–Crippen MR) is 113 cm³/mol. The van der Waals surface area contributed by atoms with Crippen LogP contribution in [0, 0.1) is 5.82 Å². The van der Waals surface area contributed by atoms with Crippen LogP contribution in [-0.4, -0.2) is 38.9 Å². The van der Waals surface area contributed by atoms with Crippen molar-refractivity contribution in [2.75, 3.05) is 18.2 Å². The molecule has 0 aliphatic rings. The summed E-state index contributed by atoms with van der Waals surface area (Å²) in [5.41, 5.74) is 1.79. The monoisotopic (exact) mass is 447 g/mol. The molecule has 0 saturated heterocycles. The molecule has 1 N–H and O–H groups in total. The number of carbonyl (C=O) groups is 1. The highest BCUT2D eigenvalue weighted by molar-refractivity contribution is 8.00. The number of thioether (sulfide) groups is 1. The number of halogens is 1. The van der Waals surface area contributed by atoms with Gasteiger partial charge in [0, 0.05) is 18.1 Å². The van der Waals surface area contributed by atoms with Crippen LogP contribution in [-0.2, 0) is 16.1 Å². The summed E-state index contributed by atoms with van der Waals surface area (Å²) in [7, 11) is 1.57. The van der Waals surface area contributed by atoms with Crippen LogP contribution in [0.1, 0.15) is 5.01 Å². The summed E-state index contributed by atoms with van der Waals surface area (Å²) < 4.78 is 18.3. The molecular weight excluding hydrogens is 433 g/mol. The van der Waals surface area contributed by atoms with Crippen molar-refractivity contribution in [2.24, 2.45) is 0 Å². The largest absolute Gasteiger partial charge is 0.377 e. The summed E-state index contributed by atoms with van der Waals surface area (Å²) in [4.78, 5) is 21.8. The number of methoxy groups -OCH3 is 1. The van der Waals surface area contributed by atoms with Crippen LogP contribution >= 0.6 is 34.4 Å². The van der Waals surface area contributed by atoms with E-state index < -0.39 is 0 Å². The molecule has 29 heavy (non-hydrogen) atoms. The van der Waals surface area contributed by atoms with Gasteiger partial charge in [0.1, 0.15) is 33.6 Å². The van der Waals surface area contributed by atoms with Gasteiger partial charge >= 0.3 is 0 Å². The molecule has 0 atom stereocenters. The van der Waals surface area contributed by atoms with Crippen LogP contribution in [0.25, 0.3) is 21.3 Å². The van der Waals surface area contributed by atoms with Gasteiger partial charge in [0.2, 0.25) is 11.0 Å². The second-order valence-corrected chi connectivity index (χ2v) is 8.67. The van der Waals surface area contributed by atoms with E-state index in [-0.39, 0.29) is 17.5 Å². The standard InChI is InChI=1S/C18H14FN5O2S3/c1-26-6-14-23-24-18(29-14)22-13(25)8-28-17-15-12(7-27-16(15)20-9-21-17)10-2-4-11(19)5-3-10/h2-5,7,9H,6,8H2,1H3,(H,22,24,25). The Bertz CT molecular complexity index is 1150. The highest BCUT2D eigenvalue weighted by atomic mass is 32.2. The van der Waals surface area contributed by atoms with E-state index in [2.05, 4.69) is 25.5 Å². The Balaban J connectivity index is 1.51. The fourth-order valence-electron chi connectivity index (χ4n) is 2.57. The summed E-state index contributed by atoms with van der Waals surface area (Å²) in [5, 5.41) is 15.2. The van der Waals surface area contributed by atoms with Crippen molar-refractivity contribution in [3.63, 3.8) is 0 Å². The number of hydrogen-bond acceptors (Lipinski definition) is 9. The van der Waals surface area contributed by atoms with Crippen molar-refractivity contribution in [3.8, 4) is 11.1 Å². The minimum atomic E-state index is -0.291. The van der Waals surface area contributed by atoms with E-state index >= 15 is 0 Å². The van der Waals surface area contributed by atoms with Crippen molar-refractivity contribution in [2.45, 2.75) is 11.6 Å². The van der Waals surface area contributed by atoms with Crippen LogP contribution in [0.2, 0.25) is 0 Å². The fraction of sp³-hybridized carbons (Fsp3) is 0.167. The van der Waals surface area contributed by atoms with Crippen LogP contribution in [0.4, 0.5) is 9.52 Å². The predicted octanol–water partition coefficient (Wildman–Crippen LogP) is 4.23. The van der Waals surface area contributed by atoms with Crippen LogP contribution in [0.3, 0.4) is 0 Å². The first-order chi connectivity index (χ1) is 14.1. The number of carbonyl (C=O) groups excluding carboxylic acids is 1. The molecule has 0 aliphatic carbocycles. The maximum Gasteiger partial charge on any atom is 0.236 e. The average Bonchev–Trinajstić information content (AvgIpc) is 3.34. The SMILES string of the molecule is COCc1nnc(NC(=O)CSc2ncnc3scc(-c4ccc(F)cc4)c23)s1. The molecule has 0 unspecified atom stereocenters. The van der Waals surface area contributed by atoms with Crippen molar-refractivity contribution in [3.05, 3.63) is 46.8 Å². The van der Waals surface area contributed by atoms with Gasteiger partial charge in [-0.25, -0.2) is 14.4 Å². The molecule has 4 aromatic rings. The molecule has 0 fully saturated rings. The third-order valence-electron chi connectivity index (χ3n) is 3.81. The van der Waals surface area contributed by atoms with Gasteiger partial charge in [0.15, 0.2) is 0 Å². The van der Waals surface area contributed by atoms with Gasteiger partial charge < -0.3 is 4.74 Å². The van der Waals surface area contributed by atoms with E-state index in [1.807, 2.05) is 5.38 Å². The molecule has 3 heterocycles. The van der Waals surface area contributed by atoms with Crippen molar-refractivity contribution in [1.82, 2.24) is 20.2 Å². The van der Waals surface area contributed by atoms with Crippen molar-refractivity contribution in [1.29, 1.82) is 0 Å². The molecule has 4 rings (SSSR count). The van der Waals surface area contributed by atoms with E-state index in [1.54, 1.807) is 19.2 Å². The minimum Gasteiger partial charge on any atom is -0.377 e. The average molecular weight is 448 g/mol. The summed E-state index contributed by atoms with van der Waals surface area (Å²) in [6.07, 6.45) is 1.48. The smallest absolute Gasteiger partial charge is 0.236 e. The lowest BCUT2D eigenvalue weighted by molar-refractivity contribution is -0.113. The first-order valence-corrected chi connectivity index (χ1v) is 11.0. The van der Waals surface area contributed by atoms with E-state index in [0.29, 0.717) is 21.8 Å². The number of amides is 1. The van der Waals surface area contributed by atoms with Gasteiger partial charge in [-0.1, -0.05) is 35.2 Å². The molecule has 1 amide bonds. The Hall–Kier alpha value is -2.47. The molecule has 1 aromatic carbocycles. The molecule has 3 aromatic heterocycles. The minimum absolute atomic E-state index is 0.157. The first kappa shape index (κ1) is 19.8. The number of anilines is 1. The Morgan fingerprint density at radius 3 is 2.86 bits per heavy atom. The van der Waals surface area contributed by atoms with Crippen molar-refractivity contribution >= 4 is 55.7 Å². The summed E-state index contributed by atoms with van der Waals surface area (Å²) in [5.74, 6) is -0.342. The van der Waals surface area contributed by atoms with Crippen molar-refractivity contribution < 1.29 is 13.9 Å². The molecule has 11 heteroatoms. The summed E-state index contributed by atoms with van der Waals surface area (Å²) >= 11 is 4.07. The zero-order chi connectivity index (χ0) is 20.2. The van der Waals surface area contributed by atoms with Gasteiger partial charge in [-0.3, -0.25) is 10.1 Å². The fourth-order valence-corrected chi connectivity index (χ4v) is 5.10. The molecule has 0 radical (unpaired) electrons. The summed E-state index contributed by atoms with van der Waals surface area (Å²) in [6, 6.07) is 6.28. The molecule has 0 aliphatic heterocycles. The van der Waals surface area contributed by atoms with Gasteiger partial charge in [-0.05, 0) is 17.7 Å². The number of thiophene rings is 1. The first-order valence-electron chi connectivity index (χ1n) is 8.36. The lowest BCUT2D eigenvalue weighted by Gasteiger charge is -2.05. The van der Waals surface area contributed by atoms with E-state index in [4.69, 9.17) is 4.74 Å². The second kappa shape index (κ2) is 8.91. The molecule has 0 saturated carbocycles. The maximum absolute atomic E-state index is 13.3. The van der Waals surface area contributed by atoms with E-state index in [9.17, 15) is 9.18 Å². The third-order valence-corrected chi connectivity index (χ3v) is 6.50. The number of aromatic nitrogens is 4. The highest BCUT2D eigenvalue weighted by Gasteiger charge is 2.15. The van der Waals surface area contributed by atoms with Gasteiger partial charge in [-0.15, -0.1) is 21.5 Å². The lowest BCUT2D eigenvalue weighted by Crippen LogP contribution is -2.14. The Morgan fingerprint density at radius 2 is 2.07 bits per heavy atom. The van der Waals surface area contributed by atoms with Crippen LogP contribution in [0.5, 0.6) is 0 Å². The molecular formula is C18H14FN5O2S3. The van der Waals surface area contributed by atoms with E-state index in [0.717, 1.165) is 21.3 Å². The van der Waals surface area contributed by atoms with Crippen LogP contribution in [0.15, 0.2) is 41.0 Å². The molecule has 0 spiro atoms. The zero-order valence-corrected chi connectivity index (χ0v) is 17.5. The quantitative estimate of drug-likeness (QED) is 0.335. The second-order valence-electron chi connectivity index (χ2n) is 5.79. The number of nitrogens with one attached hydrogen (secondary N) is 1. The lowest BCUT2D eigenvalue weighted by atomic mass is 10.1. The Labute approximate surface area is 177 Å². The normalized spacial score (nSPS) is 11.1.